The third kappa shape index (κ3) is 4.49. The number of piperazine rings is 1. The zero-order valence-electron chi connectivity index (χ0n) is 14.9. The van der Waals surface area contributed by atoms with Gasteiger partial charge in [-0.25, -0.2) is 0 Å². The summed E-state index contributed by atoms with van der Waals surface area (Å²) in [7, 11) is 0. The van der Waals surface area contributed by atoms with Crippen molar-refractivity contribution in [2.45, 2.75) is 26.1 Å². The zero-order valence-corrected chi connectivity index (χ0v) is 15.7. The Labute approximate surface area is 158 Å². The minimum atomic E-state index is -4.49. The number of ether oxygens (including phenoxy) is 1. The third-order valence-electron chi connectivity index (χ3n) is 4.26. The molecule has 1 aliphatic rings. The molecule has 1 atom stereocenters. The van der Waals surface area contributed by atoms with Gasteiger partial charge in [0, 0.05) is 26.2 Å². The Balaban J connectivity index is 1.56. The van der Waals surface area contributed by atoms with E-state index < -0.39 is 17.3 Å². The molecule has 3 rings (SSSR count). The number of alkyl halides is 3. The number of anilines is 1. The summed E-state index contributed by atoms with van der Waals surface area (Å²) in [6.07, 6.45) is -5.13. The molecule has 1 aromatic heterocycles. The van der Waals surface area contributed by atoms with Crippen molar-refractivity contribution in [3.05, 3.63) is 34.8 Å². The highest BCUT2D eigenvalue weighted by molar-refractivity contribution is 7.15. The van der Waals surface area contributed by atoms with Crippen LogP contribution in [0.1, 0.15) is 17.5 Å². The second-order valence-electron chi connectivity index (χ2n) is 6.23. The molecule has 0 radical (unpaired) electrons. The third-order valence-corrected chi connectivity index (χ3v) is 5.29. The van der Waals surface area contributed by atoms with Crippen LogP contribution in [0.3, 0.4) is 0 Å². The number of hydrogen-bond donors (Lipinski definition) is 0. The maximum absolute atomic E-state index is 12.7. The lowest BCUT2D eigenvalue weighted by Gasteiger charge is -2.35. The first-order valence-corrected chi connectivity index (χ1v) is 9.24. The van der Waals surface area contributed by atoms with E-state index in [0.29, 0.717) is 43.3 Å². The van der Waals surface area contributed by atoms with Crippen LogP contribution >= 0.6 is 11.3 Å². The normalized spacial score (nSPS) is 16.3. The van der Waals surface area contributed by atoms with Gasteiger partial charge in [-0.15, -0.1) is 10.2 Å². The van der Waals surface area contributed by atoms with Crippen LogP contribution in [0.15, 0.2) is 24.3 Å². The van der Waals surface area contributed by atoms with Gasteiger partial charge >= 0.3 is 6.18 Å². The van der Waals surface area contributed by atoms with Gasteiger partial charge in [-0.1, -0.05) is 29.5 Å². The van der Waals surface area contributed by atoms with Crippen molar-refractivity contribution in [2.24, 2.45) is 0 Å². The summed E-state index contributed by atoms with van der Waals surface area (Å²) < 4.78 is 43.7. The lowest BCUT2D eigenvalue weighted by Crippen LogP contribution is -2.52. The average Bonchev–Trinajstić information content (AvgIpc) is 3.14. The van der Waals surface area contributed by atoms with E-state index in [-0.39, 0.29) is 11.0 Å². The average molecular weight is 400 g/mol. The number of aromatic nitrogens is 2. The molecule has 0 N–H and O–H groups in total. The fourth-order valence-electron chi connectivity index (χ4n) is 2.76. The Kier molecular flexibility index (Phi) is 5.54. The van der Waals surface area contributed by atoms with Gasteiger partial charge in [0.1, 0.15) is 5.75 Å². The summed E-state index contributed by atoms with van der Waals surface area (Å²) in [5, 5.41) is 6.08. The molecular formula is C17H19F3N4O2S. The zero-order chi connectivity index (χ0) is 19.6. The smallest absolute Gasteiger partial charge is 0.445 e. The molecule has 1 saturated heterocycles. The molecule has 10 heteroatoms. The number of nitrogens with zero attached hydrogens (tertiary/aromatic N) is 4. The maximum Gasteiger partial charge on any atom is 0.445 e. The molecule has 146 valence electrons. The standard InChI is InChI=1S/C17H19F3N4O2S/c1-11-5-3-4-6-13(11)26-12(2)14(25)23-7-9-24(10-8-23)16-22-21-15(27-16)17(18,19)20/h3-6,12H,7-10H2,1-2H3. The first-order chi connectivity index (χ1) is 12.8. The fraction of sp³-hybridized carbons (Fsp3) is 0.471. The molecule has 0 aliphatic carbocycles. The number of hydrogen-bond acceptors (Lipinski definition) is 6. The molecule has 2 aromatic rings. The van der Waals surface area contributed by atoms with Crippen molar-refractivity contribution >= 4 is 22.4 Å². The first kappa shape index (κ1) is 19.4. The number of amides is 1. The predicted octanol–water partition coefficient (Wildman–Crippen LogP) is 2.98. The van der Waals surface area contributed by atoms with Gasteiger partial charge < -0.3 is 14.5 Å². The van der Waals surface area contributed by atoms with Crippen molar-refractivity contribution in [1.82, 2.24) is 15.1 Å². The number of halogens is 3. The molecule has 6 nitrogen and oxygen atoms in total. The molecule has 1 amide bonds. The quantitative estimate of drug-likeness (QED) is 0.790. The first-order valence-electron chi connectivity index (χ1n) is 8.42. The summed E-state index contributed by atoms with van der Waals surface area (Å²) in [6, 6.07) is 7.45. The fourth-order valence-corrected chi connectivity index (χ4v) is 3.53. The molecular weight excluding hydrogens is 381 g/mol. The second-order valence-corrected chi connectivity index (χ2v) is 7.18. The molecule has 0 saturated carbocycles. The topological polar surface area (TPSA) is 58.6 Å². The van der Waals surface area contributed by atoms with Gasteiger partial charge in [0.05, 0.1) is 0 Å². The molecule has 27 heavy (non-hydrogen) atoms. The van der Waals surface area contributed by atoms with Gasteiger partial charge in [-0.2, -0.15) is 13.2 Å². The number of para-hydroxylation sites is 1. The lowest BCUT2D eigenvalue weighted by molar-refractivity contribution is -0.138. The van der Waals surface area contributed by atoms with Crippen molar-refractivity contribution in [3.8, 4) is 5.75 Å². The Morgan fingerprint density at radius 3 is 2.44 bits per heavy atom. The molecule has 2 heterocycles. The van der Waals surface area contributed by atoms with Gasteiger partial charge in [-0.3, -0.25) is 4.79 Å². The largest absolute Gasteiger partial charge is 0.481 e. The van der Waals surface area contributed by atoms with Crippen molar-refractivity contribution in [1.29, 1.82) is 0 Å². The number of aryl methyl sites for hydroxylation is 1. The minimum Gasteiger partial charge on any atom is -0.481 e. The van der Waals surface area contributed by atoms with Gasteiger partial charge in [-0.05, 0) is 25.5 Å². The van der Waals surface area contributed by atoms with Crippen LogP contribution in [0, 0.1) is 6.92 Å². The second kappa shape index (κ2) is 7.71. The Bertz CT molecular complexity index is 803. The van der Waals surface area contributed by atoms with E-state index in [0.717, 1.165) is 5.56 Å². The van der Waals surface area contributed by atoms with Crippen LogP contribution in [0.25, 0.3) is 0 Å². The van der Waals surface area contributed by atoms with Crippen LogP contribution in [-0.2, 0) is 11.0 Å². The molecule has 1 fully saturated rings. The highest BCUT2D eigenvalue weighted by Crippen LogP contribution is 2.34. The highest BCUT2D eigenvalue weighted by atomic mass is 32.1. The molecule has 1 unspecified atom stereocenters. The summed E-state index contributed by atoms with van der Waals surface area (Å²) >= 11 is 0.516. The molecule has 1 aliphatic heterocycles. The van der Waals surface area contributed by atoms with Gasteiger partial charge in [0.25, 0.3) is 5.91 Å². The van der Waals surface area contributed by atoms with Gasteiger partial charge in [0.2, 0.25) is 10.1 Å². The maximum atomic E-state index is 12.7. The van der Waals surface area contributed by atoms with Crippen molar-refractivity contribution in [3.63, 3.8) is 0 Å². The number of carbonyl (C=O) groups is 1. The lowest BCUT2D eigenvalue weighted by atomic mass is 10.2. The Morgan fingerprint density at radius 1 is 1.19 bits per heavy atom. The number of carbonyl (C=O) groups excluding carboxylic acids is 1. The highest BCUT2D eigenvalue weighted by Gasteiger charge is 2.36. The summed E-state index contributed by atoms with van der Waals surface area (Å²) in [6.45, 7) is 5.18. The van der Waals surface area contributed by atoms with Crippen LogP contribution in [0.2, 0.25) is 0 Å². The van der Waals surface area contributed by atoms with Crippen LogP contribution < -0.4 is 9.64 Å². The van der Waals surface area contributed by atoms with E-state index >= 15 is 0 Å². The number of rotatable bonds is 4. The predicted molar refractivity (Wildman–Crippen MR) is 95.0 cm³/mol. The van der Waals surface area contributed by atoms with E-state index in [9.17, 15) is 18.0 Å². The van der Waals surface area contributed by atoms with Crippen LogP contribution in [0.5, 0.6) is 5.75 Å². The van der Waals surface area contributed by atoms with E-state index in [1.807, 2.05) is 31.2 Å². The van der Waals surface area contributed by atoms with Crippen LogP contribution in [-0.4, -0.2) is 53.3 Å². The minimum absolute atomic E-state index is 0.147. The van der Waals surface area contributed by atoms with Crippen molar-refractivity contribution in [2.75, 3.05) is 31.1 Å². The summed E-state index contributed by atoms with van der Waals surface area (Å²) in [5.41, 5.74) is 0.943. The van der Waals surface area contributed by atoms with E-state index in [1.54, 1.807) is 16.7 Å². The van der Waals surface area contributed by atoms with Gasteiger partial charge in [0.15, 0.2) is 6.10 Å². The monoisotopic (exact) mass is 400 g/mol. The molecule has 0 bridgehead atoms. The van der Waals surface area contributed by atoms with E-state index in [1.165, 1.54) is 0 Å². The molecule has 0 spiro atoms. The summed E-state index contributed by atoms with van der Waals surface area (Å²) in [4.78, 5) is 16.0. The van der Waals surface area contributed by atoms with Crippen molar-refractivity contribution < 1.29 is 22.7 Å². The Hall–Kier alpha value is -2.36. The summed E-state index contributed by atoms with van der Waals surface area (Å²) in [5.74, 6) is 0.511. The van der Waals surface area contributed by atoms with E-state index in [4.69, 9.17) is 4.74 Å². The molecule has 1 aromatic carbocycles. The van der Waals surface area contributed by atoms with E-state index in [2.05, 4.69) is 10.2 Å². The SMILES string of the molecule is Cc1ccccc1OC(C)C(=O)N1CCN(c2nnc(C(F)(F)F)s2)CC1. The number of benzene rings is 1. The van der Waals surface area contributed by atoms with Crippen LogP contribution in [0.4, 0.5) is 18.3 Å². The Morgan fingerprint density at radius 2 is 1.85 bits per heavy atom.